The van der Waals surface area contributed by atoms with Crippen LogP contribution < -0.4 is 0 Å². The normalized spacial score (nSPS) is 12.2. The van der Waals surface area contributed by atoms with Gasteiger partial charge in [-0.1, -0.05) is 51.0 Å². The van der Waals surface area contributed by atoms with Gasteiger partial charge in [-0.25, -0.2) is 0 Å². The van der Waals surface area contributed by atoms with Crippen molar-refractivity contribution in [1.82, 2.24) is 4.98 Å². The summed E-state index contributed by atoms with van der Waals surface area (Å²) >= 11 is 0. The van der Waals surface area contributed by atoms with Crippen molar-refractivity contribution in [2.45, 2.75) is 39.5 Å². The first-order valence-corrected chi connectivity index (χ1v) is 6.62. The Morgan fingerprint density at radius 2 is 2.00 bits per heavy atom. The largest absolute Gasteiger partial charge is 0.355 e. The lowest BCUT2D eigenvalue weighted by Gasteiger charge is -2.03. The van der Waals surface area contributed by atoms with Gasteiger partial charge in [-0.2, -0.15) is 0 Å². The molecule has 0 amide bonds. The van der Waals surface area contributed by atoms with Gasteiger partial charge in [0.25, 0.3) is 0 Å². The van der Waals surface area contributed by atoms with E-state index in [1.54, 1.807) is 0 Å². The maximum absolute atomic E-state index is 3.52. The van der Waals surface area contributed by atoms with Crippen LogP contribution >= 0.6 is 0 Å². The van der Waals surface area contributed by atoms with Crippen LogP contribution in [0.1, 0.15) is 45.2 Å². The van der Waals surface area contributed by atoms with Crippen LogP contribution in [-0.2, 0) is 0 Å². The molecular formula is C16H21N. The van der Waals surface area contributed by atoms with Crippen molar-refractivity contribution in [3.8, 4) is 0 Å². The zero-order valence-electron chi connectivity index (χ0n) is 10.8. The van der Waals surface area contributed by atoms with Gasteiger partial charge in [-0.3, -0.25) is 0 Å². The number of nitrogens with one attached hydrogen (secondary N) is 1. The highest BCUT2D eigenvalue weighted by molar-refractivity contribution is 5.84. The molecule has 2 rings (SSSR count). The lowest BCUT2D eigenvalue weighted by Crippen LogP contribution is -1.84. The number of benzene rings is 1. The Labute approximate surface area is 104 Å². The van der Waals surface area contributed by atoms with E-state index in [1.807, 2.05) is 0 Å². The Bertz CT molecular complexity index is 472. The summed E-state index contributed by atoms with van der Waals surface area (Å²) in [5.41, 5.74) is 3.99. The predicted molar refractivity (Wildman–Crippen MR) is 76.1 cm³/mol. The minimum absolute atomic E-state index is 1.16. The summed E-state index contributed by atoms with van der Waals surface area (Å²) in [6.07, 6.45) is 7.13. The molecule has 1 heteroatoms. The second kappa shape index (κ2) is 5.72. The third kappa shape index (κ3) is 2.79. The molecule has 0 fully saturated rings. The van der Waals surface area contributed by atoms with Gasteiger partial charge in [0.15, 0.2) is 0 Å². The highest BCUT2D eigenvalue weighted by atomic mass is 14.7. The fourth-order valence-corrected chi connectivity index (χ4v) is 2.18. The average molecular weight is 227 g/mol. The second-order valence-electron chi connectivity index (χ2n) is 4.54. The Morgan fingerprint density at radius 3 is 2.71 bits per heavy atom. The number of unbranched alkanes of at least 4 members (excludes halogenated alkanes) is 1. The summed E-state index contributed by atoms with van der Waals surface area (Å²) in [7, 11) is 0. The molecule has 0 unspecified atom stereocenters. The van der Waals surface area contributed by atoms with Crippen molar-refractivity contribution >= 4 is 16.5 Å². The zero-order valence-corrected chi connectivity index (χ0v) is 10.8. The molecule has 1 aromatic heterocycles. The lowest BCUT2D eigenvalue weighted by molar-refractivity contribution is 0.930. The molecule has 0 saturated carbocycles. The van der Waals surface area contributed by atoms with E-state index in [2.05, 4.69) is 55.2 Å². The van der Waals surface area contributed by atoms with Crippen molar-refractivity contribution in [3.63, 3.8) is 0 Å². The van der Waals surface area contributed by atoms with Gasteiger partial charge in [-0.15, -0.1) is 0 Å². The van der Waals surface area contributed by atoms with E-state index in [0.29, 0.717) is 0 Å². The fraction of sp³-hybridized carbons (Fsp3) is 0.375. The van der Waals surface area contributed by atoms with Gasteiger partial charge in [0, 0.05) is 11.2 Å². The maximum Gasteiger partial charge on any atom is 0.0458 e. The van der Waals surface area contributed by atoms with Crippen LogP contribution in [0.25, 0.3) is 16.5 Å². The molecular weight excluding hydrogens is 206 g/mol. The predicted octanol–water partition coefficient (Wildman–Crippen LogP) is 5.15. The summed E-state index contributed by atoms with van der Waals surface area (Å²) in [6.45, 7) is 4.47. The molecule has 90 valence electrons. The van der Waals surface area contributed by atoms with Crippen LogP contribution in [0.3, 0.4) is 0 Å². The standard InChI is InChI=1S/C16H21N/c1-3-5-9-13(8-4-2)16-12-14-10-6-7-11-15(14)17-16/h6-7,9-12,17H,3-5,8H2,1-2H3/b13-9+. The van der Waals surface area contributed by atoms with Crippen molar-refractivity contribution in [1.29, 1.82) is 0 Å². The number of rotatable bonds is 5. The Kier molecular flexibility index (Phi) is 4.03. The molecule has 0 aliphatic rings. The molecule has 1 heterocycles. The number of H-pyrrole nitrogens is 1. The van der Waals surface area contributed by atoms with E-state index in [4.69, 9.17) is 0 Å². The van der Waals surface area contributed by atoms with E-state index in [1.165, 1.54) is 41.4 Å². The topological polar surface area (TPSA) is 15.8 Å². The van der Waals surface area contributed by atoms with E-state index in [0.717, 1.165) is 6.42 Å². The molecule has 1 nitrogen and oxygen atoms in total. The van der Waals surface area contributed by atoms with E-state index in [-0.39, 0.29) is 0 Å². The summed E-state index contributed by atoms with van der Waals surface area (Å²) in [5.74, 6) is 0. The van der Waals surface area contributed by atoms with Gasteiger partial charge in [0.05, 0.1) is 0 Å². The summed E-state index contributed by atoms with van der Waals surface area (Å²) < 4.78 is 0. The van der Waals surface area contributed by atoms with Gasteiger partial charge in [0.2, 0.25) is 0 Å². The van der Waals surface area contributed by atoms with Crippen LogP contribution in [0.5, 0.6) is 0 Å². The molecule has 17 heavy (non-hydrogen) atoms. The number of hydrogen-bond donors (Lipinski definition) is 1. The molecule has 0 aliphatic heterocycles. The number of hydrogen-bond acceptors (Lipinski definition) is 0. The second-order valence-corrected chi connectivity index (χ2v) is 4.54. The van der Waals surface area contributed by atoms with Crippen LogP contribution in [0, 0.1) is 0 Å². The van der Waals surface area contributed by atoms with Crippen LogP contribution in [0.4, 0.5) is 0 Å². The Morgan fingerprint density at radius 1 is 1.18 bits per heavy atom. The summed E-state index contributed by atoms with van der Waals surface area (Å²) in [6, 6.07) is 10.8. The van der Waals surface area contributed by atoms with Crippen molar-refractivity contribution in [3.05, 3.63) is 42.1 Å². The van der Waals surface area contributed by atoms with E-state index >= 15 is 0 Å². The number of fused-ring (bicyclic) bond motifs is 1. The average Bonchev–Trinajstić information content (AvgIpc) is 2.78. The lowest BCUT2D eigenvalue weighted by atomic mass is 10.1. The number of allylic oxidation sites excluding steroid dienone is 2. The minimum atomic E-state index is 1.16. The first-order chi connectivity index (χ1) is 8.35. The third-order valence-corrected chi connectivity index (χ3v) is 3.07. The summed E-state index contributed by atoms with van der Waals surface area (Å²) in [5, 5.41) is 1.31. The van der Waals surface area contributed by atoms with Gasteiger partial charge in [0.1, 0.15) is 0 Å². The van der Waals surface area contributed by atoms with Crippen molar-refractivity contribution in [2.24, 2.45) is 0 Å². The first-order valence-electron chi connectivity index (χ1n) is 6.62. The Hall–Kier alpha value is -1.50. The van der Waals surface area contributed by atoms with Crippen LogP contribution in [0.15, 0.2) is 36.4 Å². The molecule has 0 saturated heterocycles. The Balaban J connectivity index is 2.34. The minimum Gasteiger partial charge on any atom is -0.355 e. The molecule has 0 radical (unpaired) electrons. The first kappa shape index (κ1) is 12.0. The van der Waals surface area contributed by atoms with Crippen molar-refractivity contribution in [2.75, 3.05) is 0 Å². The van der Waals surface area contributed by atoms with E-state index < -0.39 is 0 Å². The molecule has 1 aromatic carbocycles. The molecule has 0 atom stereocenters. The fourth-order valence-electron chi connectivity index (χ4n) is 2.18. The van der Waals surface area contributed by atoms with Gasteiger partial charge >= 0.3 is 0 Å². The monoisotopic (exact) mass is 227 g/mol. The van der Waals surface area contributed by atoms with E-state index in [9.17, 15) is 0 Å². The van der Waals surface area contributed by atoms with Crippen molar-refractivity contribution < 1.29 is 0 Å². The molecule has 0 spiro atoms. The molecule has 2 aromatic rings. The number of aromatic amines is 1. The quantitative estimate of drug-likeness (QED) is 0.727. The molecule has 0 aliphatic carbocycles. The maximum atomic E-state index is 3.52. The SMILES string of the molecule is CCC/C=C(\CCC)c1cc2ccccc2[nH]1. The third-order valence-electron chi connectivity index (χ3n) is 3.07. The van der Waals surface area contributed by atoms with Gasteiger partial charge < -0.3 is 4.98 Å². The zero-order chi connectivity index (χ0) is 12.1. The highest BCUT2D eigenvalue weighted by Crippen LogP contribution is 2.24. The van der Waals surface area contributed by atoms with Crippen LogP contribution in [-0.4, -0.2) is 4.98 Å². The highest BCUT2D eigenvalue weighted by Gasteiger charge is 2.04. The van der Waals surface area contributed by atoms with Crippen LogP contribution in [0.2, 0.25) is 0 Å². The number of para-hydroxylation sites is 1. The molecule has 0 bridgehead atoms. The summed E-state index contributed by atoms with van der Waals surface area (Å²) in [4.78, 5) is 3.52. The molecule has 1 N–H and O–H groups in total. The van der Waals surface area contributed by atoms with Gasteiger partial charge in [-0.05, 0) is 35.9 Å². The number of aromatic nitrogens is 1. The smallest absolute Gasteiger partial charge is 0.0458 e.